The van der Waals surface area contributed by atoms with Crippen molar-refractivity contribution in [1.82, 2.24) is 4.57 Å². The molecule has 50 heavy (non-hydrogen) atoms. The van der Waals surface area contributed by atoms with E-state index in [1.807, 2.05) is 18.2 Å². The minimum atomic E-state index is -2.90. The number of para-hydroxylation sites is 3. The molecule has 4 nitrogen and oxygen atoms in total. The molecule has 2 unspecified atom stereocenters. The Morgan fingerprint density at radius 3 is 1.98 bits per heavy atom. The van der Waals surface area contributed by atoms with Crippen LogP contribution in [0.3, 0.4) is 0 Å². The maximum Gasteiger partial charge on any atom is 0.141 e. The van der Waals surface area contributed by atoms with Gasteiger partial charge in [0.1, 0.15) is 23.0 Å². The number of benzene rings is 7. The van der Waals surface area contributed by atoms with Crippen LogP contribution >= 0.6 is 7.05 Å². The van der Waals surface area contributed by atoms with E-state index >= 15 is 0 Å². The number of hydrogen-bond donors (Lipinski definition) is 1. The first-order chi connectivity index (χ1) is 24.6. The van der Waals surface area contributed by atoms with E-state index in [2.05, 4.69) is 139 Å². The maximum atomic E-state index is 10.7. The Morgan fingerprint density at radius 1 is 0.620 bits per heavy atom. The van der Waals surface area contributed by atoms with Crippen molar-refractivity contribution < 1.29 is 9.47 Å². The average molecular weight is 663 g/mol. The molecule has 0 saturated heterocycles. The summed E-state index contributed by atoms with van der Waals surface area (Å²) in [7, 11) is -2.90. The largest absolute Gasteiger partial charge is 0.456 e. The van der Waals surface area contributed by atoms with Gasteiger partial charge in [0.2, 0.25) is 0 Å². The van der Waals surface area contributed by atoms with E-state index in [4.69, 9.17) is 9.47 Å². The minimum Gasteiger partial charge on any atom is -0.456 e. The van der Waals surface area contributed by atoms with E-state index in [0.717, 1.165) is 61.8 Å². The van der Waals surface area contributed by atoms with Crippen molar-refractivity contribution in [2.24, 2.45) is 5.92 Å². The Labute approximate surface area is 289 Å². The van der Waals surface area contributed by atoms with Crippen molar-refractivity contribution in [3.63, 3.8) is 0 Å². The molecule has 0 radical (unpaired) electrons. The molecule has 1 N–H and O–H groups in total. The Balaban J connectivity index is 1.12. The van der Waals surface area contributed by atoms with Gasteiger partial charge in [-0.2, -0.15) is 0 Å². The Kier molecular flexibility index (Phi) is 5.67. The fourth-order valence-electron chi connectivity index (χ4n) is 8.60. The zero-order valence-corrected chi connectivity index (χ0v) is 28.2. The van der Waals surface area contributed by atoms with E-state index in [-0.39, 0.29) is 0 Å². The molecule has 2 aliphatic heterocycles. The van der Waals surface area contributed by atoms with Crippen molar-refractivity contribution in [2.45, 2.75) is 13.3 Å². The van der Waals surface area contributed by atoms with Gasteiger partial charge in [0.15, 0.2) is 0 Å². The van der Waals surface area contributed by atoms with Crippen LogP contribution < -0.4 is 25.4 Å². The molecule has 0 fully saturated rings. The molecule has 0 saturated carbocycles. The molecule has 11 rings (SSSR count). The van der Waals surface area contributed by atoms with Crippen molar-refractivity contribution in [3.05, 3.63) is 151 Å². The molecule has 1 aromatic heterocycles. The maximum absolute atomic E-state index is 10.7. The molecule has 3 heterocycles. The molecule has 8 aromatic rings. The Bertz CT molecular complexity index is 2790. The van der Waals surface area contributed by atoms with Crippen molar-refractivity contribution in [2.75, 3.05) is 0 Å². The van der Waals surface area contributed by atoms with Crippen LogP contribution in [0.15, 0.2) is 140 Å². The summed E-state index contributed by atoms with van der Waals surface area (Å²) in [5, 5.41) is 18.3. The predicted octanol–water partition coefficient (Wildman–Crippen LogP) is 11.1. The third-order valence-corrected chi connectivity index (χ3v) is 14.1. The van der Waals surface area contributed by atoms with E-state index in [0.29, 0.717) is 11.7 Å². The predicted molar refractivity (Wildman–Crippen MR) is 207 cm³/mol. The number of ether oxygens (including phenoxy) is 2. The van der Waals surface area contributed by atoms with E-state index in [1.165, 1.54) is 38.3 Å². The third-order valence-electron chi connectivity index (χ3n) is 10.8. The van der Waals surface area contributed by atoms with Crippen LogP contribution in [0.25, 0.3) is 55.5 Å². The van der Waals surface area contributed by atoms with Crippen LogP contribution in [0.1, 0.15) is 18.1 Å². The number of nitrogens with one attached hydrogen (secondary N) is 1. The van der Waals surface area contributed by atoms with Gasteiger partial charge in [0.05, 0.1) is 28.7 Å². The highest BCUT2D eigenvalue weighted by molar-refractivity contribution is 7.87. The molecule has 238 valence electrons. The standard InChI is InChI=1S/C45H31N2O2P/c1-27-18-23-32-31-10-2-3-13-35(31)44-43(36(32)24-27)49-41-26-29(25-40-45(41)50(44,46)42-17-9-8-16-39(42)48-40)28-19-21-30(22-20-28)47-37-14-6-4-11-33(37)34-12-5-7-15-38(34)47/h2-23,25-27,46H,24H2,1H3. The van der Waals surface area contributed by atoms with Crippen molar-refractivity contribution >= 4 is 61.6 Å². The van der Waals surface area contributed by atoms with Crippen LogP contribution in [0.4, 0.5) is 0 Å². The van der Waals surface area contributed by atoms with Crippen LogP contribution in [0.2, 0.25) is 0 Å². The molecule has 2 atom stereocenters. The number of fused-ring (bicyclic) bond motifs is 12. The van der Waals surface area contributed by atoms with Crippen LogP contribution in [0, 0.1) is 11.1 Å². The second-order valence-electron chi connectivity index (χ2n) is 13.7. The molecule has 1 aliphatic carbocycles. The van der Waals surface area contributed by atoms with E-state index in [9.17, 15) is 5.16 Å². The average Bonchev–Trinajstić information content (AvgIpc) is 3.49. The number of nitrogens with zero attached hydrogens (tertiary/aromatic N) is 1. The monoisotopic (exact) mass is 662 g/mol. The molecule has 5 heteroatoms. The van der Waals surface area contributed by atoms with Gasteiger partial charge in [-0.15, -0.1) is 0 Å². The number of allylic oxidation sites excluding steroid dienone is 1. The molecule has 0 spiro atoms. The fourth-order valence-corrected chi connectivity index (χ4v) is 12.0. The van der Waals surface area contributed by atoms with Gasteiger partial charge >= 0.3 is 0 Å². The molecule has 3 aliphatic rings. The van der Waals surface area contributed by atoms with Gasteiger partial charge in [-0.1, -0.05) is 104 Å². The highest BCUT2D eigenvalue weighted by atomic mass is 31.2. The van der Waals surface area contributed by atoms with E-state index < -0.39 is 7.05 Å². The van der Waals surface area contributed by atoms with Crippen LogP contribution in [-0.4, -0.2) is 4.57 Å². The summed E-state index contributed by atoms with van der Waals surface area (Å²) in [5.41, 5.74) is 7.98. The zero-order valence-electron chi connectivity index (χ0n) is 27.4. The van der Waals surface area contributed by atoms with Crippen LogP contribution in [-0.2, 0) is 6.42 Å². The van der Waals surface area contributed by atoms with Gasteiger partial charge < -0.3 is 19.2 Å². The lowest BCUT2D eigenvalue weighted by Crippen LogP contribution is -2.36. The van der Waals surface area contributed by atoms with E-state index in [1.54, 1.807) is 0 Å². The van der Waals surface area contributed by atoms with Crippen molar-refractivity contribution in [1.29, 1.82) is 5.16 Å². The second-order valence-corrected chi connectivity index (χ2v) is 16.5. The zero-order chi connectivity index (χ0) is 33.1. The summed E-state index contributed by atoms with van der Waals surface area (Å²) >= 11 is 0. The quantitative estimate of drug-likeness (QED) is 0.187. The summed E-state index contributed by atoms with van der Waals surface area (Å²) in [5.74, 6) is 3.46. The number of hydrogen-bond acceptors (Lipinski definition) is 3. The summed E-state index contributed by atoms with van der Waals surface area (Å²) < 4.78 is 16.1. The van der Waals surface area contributed by atoms with Crippen LogP contribution in [0.5, 0.6) is 23.0 Å². The first-order valence-electron chi connectivity index (χ1n) is 17.2. The highest BCUT2D eigenvalue weighted by Crippen LogP contribution is 2.61. The minimum absolute atomic E-state index is 0.384. The SMILES string of the molecule is CC1C=Cc2c(c3c(c4ccccc24)P2(=N)c4ccccc4Oc4cc(-c5ccc(-n6c7ccccc7c7ccccc76)cc5)cc(c42)O3)C1. The topological polar surface area (TPSA) is 47.2 Å². The number of aromatic nitrogens is 1. The lowest BCUT2D eigenvalue weighted by Gasteiger charge is -2.40. The smallest absolute Gasteiger partial charge is 0.141 e. The van der Waals surface area contributed by atoms with Gasteiger partial charge in [-0.3, -0.25) is 0 Å². The normalized spacial score (nSPS) is 18.2. The molecule has 7 aromatic carbocycles. The van der Waals surface area contributed by atoms with Gasteiger partial charge in [-0.25, -0.2) is 0 Å². The molecule has 0 bridgehead atoms. The second kappa shape index (κ2) is 10.1. The van der Waals surface area contributed by atoms with Crippen molar-refractivity contribution in [3.8, 4) is 39.8 Å². The first-order valence-corrected chi connectivity index (χ1v) is 19.0. The Hall–Kier alpha value is -5.83. The summed E-state index contributed by atoms with van der Waals surface area (Å²) in [6, 6.07) is 47.0. The molecular formula is C45H31N2O2P. The summed E-state index contributed by atoms with van der Waals surface area (Å²) in [6.45, 7) is 2.26. The fraction of sp³-hybridized carbons (Fsp3) is 0.0667. The van der Waals surface area contributed by atoms with Gasteiger partial charge in [0, 0.05) is 27.3 Å². The number of rotatable bonds is 2. The van der Waals surface area contributed by atoms with Gasteiger partial charge in [-0.05, 0) is 88.3 Å². The highest BCUT2D eigenvalue weighted by Gasteiger charge is 2.45. The molecular weight excluding hydrogens is 631 g/mol. The first kappa shape index (κ1) is 28.1. The lowest BCUT2D eigenvalue weighted by molar-refractivity contribution is 0.461. The molecule has 0 amide bonds. The summed E-state index contributed by atoms with van der Waals surface area (Å²) in [4.78, 5) is 0. The summed E-state index contributed by atoms with van der Waals surface area (Å²) in [6.07, 6.45) is 5.44. The Morgan fingerprint density at radius 2 is 1.24 bits per heavy atom. The lowest BCUT2D eigenvalue weighted by atomic mass is 9.86. The van der Waals surface area contributed by atoms with Gasteiger partial charge in [0.25, 0.3) is 0 Å². The third kappa shape index (κ3) is 3.69.